The highest BCUT2D eigenvalue weighted by Crippen LogP contribution is 2.21. The number of benzene rings is 1. The van der Waals surface area contributed by atoms with Crippen molar-refractivity contribution in [3.8, 4) is 0 Å². The fourth-order valence-corrected chi connectivity index (χ4v) is 2.50. The van der Waals surface area contributed by atoms with Crippen molar-refractivity contribution in [3.05, 3.63) is 47.7 Å². The average molecular weight is 269 g/mol. The highest BCUT2D eigenvalue weighted by Gasteiger charge is 2.16. The van der Waals surface area contributed by atoms with Gasteiger partial charge in [0.15, 0.2) is 0 Å². The van der Waals surface area contributed by atoms with Crippen LogP contribution < -0.4 is 16.0 Å². The van der Waals surface area contributed by atoms with Crippen LogP contribution in [0.25, 0.3) is 0 Å². The minimum atomic E-state index is 0.343. The molecule has 2 aromatic rings. The van der Waals surface area contributed by atoms with Crippen LogP contribution in [0.3, 0.4) is 0 Å². The van der Waals surface area contributed by atoms with E-state index >= 15 is 0 Å². The van der Waals surface area contributed by atoms with Gasteiger partial charge >= 0.3 is 0 Å². The summed E-state index contributed by atoms with van der Waals surface area (Å²) in [7, 11) is 0. The van der Waals surface area contributed by atoms with Gasteiger partial charge in [-0.2, -0.15) is 4.98 Å². The number of nitrogens with zero attached hydrogens (tertiary/aromatic N) is 3. The molecule has 1 aliphatic rings. The van der Waals surface area contributed by atoms with E-state index in [4.69, 9.17) is 5.73 Å². The molecule has 1 aliphatic heterocycles. The highest BCUT2D eigenvalue weighted by molar-refractivity contribution is 5.51. The van der Waals surface area contributed by atoms with Crippen molar-refractivity contribution in [1.82, 2.24) is 15.3 Å². The Bertz CT molecular complexity index is 564. The molecule has 1 aromatic carbocycles. The minimum absolute atomic E-state index is 0.343. The third-order valence-corrected chi connectivity index (χ3v) is 3.51. The summed E-state index contributed by atoms with van der Waals surface area (Å²) in [5, 5.41) is 3.35. The fourth-order valence-electron chi connectivity index (χ4n) is 2.50. The zero-order valence-corrected chi connectivity index (χ0v) is 11.4. The Morgan fingerprint density at radius 1 is 1.15 bits per heavy atom. The molecule has 104 valence electrons. The zero-order chi connectivity index (χ0) is 13.8. The van der Waals surface area contributed by atoms with Gasteiger partial charge in [-0.3, -0.25) is 0 Å². The topological polar surface area (TPSA) is 67.1 Å². The predicted molar refractivity (Wildman–Crippen MR) is 80.8 cm³/mol. The lowest BCUT2D eigenvalue weighted by atomic mass is 10.1. The Hall–Kier alpha value is -2.14. The first-order valence-corrected chi connectivity index (χ1v) is 6.94. The van der Waals surface area contributed by atoms with Crippen molar-refractivity contribution in [3.63, 3.8) is 0 Å². The summed E-state index contributed by atoms with van der Waals surface area (Å²) in [5.74, 6) is 1.32. The molecular weight excluding hydrogens is 250 g/mol. The van der Waals surface area contributed by atoms with Crippen LogP contribution in [-0.2, 0) is 6.42 Å². The van der Waals surface area contributed by atoms with Gasteiger partial charge in [-0.25, -0.2) is 4.98 Å². The van der Waals surface area contributed by atoms with Crippen LogP contribution in [0, 0.1) is 0 Å². The average Bonchev–Trinajstić information content (AvgIpc) is 2.51. The van der Waals surface area contributed by atoms with Crippen molar-refractivity contribution in [2.75, 3.05) is 36.8 Å². The van der Waals surface area contributed by atoms with Crippen molar-refractivity contribution in [2.45, 2.75) is 6.42 Å². The van der Waals surface area contributed by atoms with E-state index in [2.05, 4.69) is 44.5 Å². The molecule has 0 spiro atoms. The van der Waals surface area contributed by atoms with Gasteiger partial charge < -0.3 is 16.0 Å². The summed E-state index contributed by atoms with van der Waals surface area (Å²) in [6.45, 7) is 3.87. The largest absolute Gasteiger partial charge is 0.368 e. The Labute approximate surface area is 118 Å². The van der Waals surface area contributed by atoms with Crippen molar-refractivity contribution >= 4 is 11.8 Å². The number of rotatable bonds is 3. The molecule has 20 heavy (non-hydrogen) atoms. The molecule has 5 heteroatoms. The van der Waals surface area contributed by atoms with Crippen LogP contribution in [0.2, 0.25) is 0 Å². The number of anilines is 2. The number of nitrogens with one attached hydrogen (secondary N) is 1. The van der Waals surface area contributed by atoms with Gasteiger partial charge in [-0.1, -0.05) is 30.3 Å². The molecule has 3 N–H and O–H groups in total. The number of aromatic nitrogens is 2. The molecule has 1 aromatic heterocycles. The quantitative estimate of drug-likeness (QED) is 0.872. The maximum atomic E-state index is 5.76. The molecule has 1 fully saturated rings. The van der Waals surface area contributed by atoms with Gasteiger partial charge in [-0.15, -0.1) is 0 Å². The molecule has 0 saturated carbocycles. The van der Waals surface area contributed by atoms with Crippen LogP contribution in [0.1, 0.15) is 11.1 Å². The van der Waals surface area contributed by atoms with Crippen LogP contribution >= 0.6 is 0 Å². The molecule has 3 rings (SSSR count). The van der Waals surface area contributed by atoms with E-state index in [9.17, 15) is 0 Å². The van der Waals surface area contributed by atoms with Gasteiger partial charge in [0.25, 0.3) is 0 Å². The zero-order valence-electron chi connectivity index (χ0n) is 11.4. The second-order valence-electron chi connectivity index (χ2n) is 4.98. The number of hydrogen-bond donors (Lipinski definition) is 2. The van der Waals surface area contributed by atoms with E-state index in [1.807, 2.05) is 12.3 Å². The monoisotopic (exact) mass is 269 g/mol. The second-order valence-corrected chi connectivity index (χ2v) is 4.98. The Morgan fingerprint density at radius 3 is 2.65 bits per heavy atom. The SMILES string of the molecule is Nc1ncc(Cc2ccccc2)c(N2CCNCC2)n1. The first kappa shape index (κ1) is 12.9. The summed E-state index contributed by atoms with van der Waals surface area (Å²) in [4.78, 5) is 10.9. The van der Waals surface area contributed by atoms with Gasteiger partial charge in [0, 0.05) is 44.4 Å². The molecule has 2 heterocycles. The second kappa shape index (κ2) is 5.88. The van der Waals surface area contributed by atoms with Crippen LogP contribution in [0.5, 0.6) is 0 Å². The van der Waals surface area contributed by atoms with Gasteiger partial charge in [0.05, 0.1) is 0 Å². The standard InChI is InChI=1S/C15H19N5/c16-15-18-11-13(10-12-4-2-1-3-5-12)14(19-15)20-8-6-17-7-9-20/h1-5,11,17H,6-10H2,(H2,16,18,19). The molecule has 0 radical (unpaired) electrons. The van der Waals surface area contributed by atoms with Gasteiger partial charge in [0.1, 0.15) is 5.82 Å². The van der Waals surface area contributed by atoms with Crippen molar-refractivity contribution in [1.29, 1.82) is 0 Å². The fraction of sp³-hybridized carbons (Fsp3) is 0.333. The van der Waals surface area contributed by atoms with E-state index in [0.29, 0.717) is 5.95 Å². The maximum Gasteiger partial charge on any atom is 0.221 e. The first-order chi connectivity index (χ1) is 9.83. The summed E-state index contributed by atoms with van der Waals surface area (Å²) < 4.78 is 0. The van der Waals surface area contributed by atoms with Crippen LogP contribution in [0.15, 0.2) is 36.5 Å². The smallest absolute Gasteiger partial charge is 0.221 e. The Balaban J connectivity index is 1.89. The summed E-state index contributed by atoms with van der Waals surface area (Å²) >= 11 is 0. The molecular formula is C15H19N5. The lowest BCUT2D eigenvalue weighted by Gasteiger charge is -2.30. The number of piperazine rings is 1. The third kappa shape index (κ3) is 2.88. The van der Waals surface area contributed by atoms with E-state index in [0.717, 1.165) is 44.0 Å². The number of hydrogen-bond acceptors (Lipinski definition) is 5. The highest BCUT2D eigenvalue weighted by atomic mass is 15.2. The third-order valence-electron chi connectivity index (χ3n) is 3.51. The van der Waals surface area contributed by atoms with Crippen molar-refractivity contribution in [2.24, 2.45) is 0 Å². The molecule has 1 saturated heterocycles. The Kier molecular flexibility index (Phi) is 3.78. The molecule has 5 nitrogen and oxygen atoms in total. The Morgan fingerprint density at radius 2 is 1.90 bits per heavy atom. The summed E-state index contributed by atoms with van der Waals surface area (Å²) in [6.07, 6.45) is 2.69. The van der Waals surface area contributed by atoms with Crippen molar-refractivity contribution < 1.29 is 0 Å². The lowest BCUT2D eigenvalue weighted by Crippen LogP contribution is -2.44. The van der Waals surface area contributed by atoms with E-state index < -0.39 is 0 Å². The molecule has 0 bridgehead atoms. The normalized spacial score (nSPS) is 15.3. The summed E-state index contributed by atoms with van der Waals surface area (Å²) in [6, 6.07) is 10.4. The molecule has 0 atom stereocenters. The van der Waals surface area contributed by atoms with Gasteiger partial charge in [-0.05, 0) is 5.56 Å². The molecule has 0 unspecified atom stereocenters. The summed E-state index contributed by atoms with van der Waals surface area (Å²) in [5.41, 5.74) is 8.16. The van der Waals surface area contributed by atoms with Gasteiger partial charge in [0.2, 0.25) is 5.95 Å². The lowest BCUT2D eigenvalue weighted by molar-refractivity contribution is 0.583. The number of nitrogens with two attached hydrogens (primary N) is 1. The van der Waals surface area contributed by atoms with Crippen LogP contribution in [0.4, 0.5) is 11.8 Å². The maximum absolute atomic E-state index is 5.76. The van der Waals surface area contributed by atoms with E-state index in [1.54, 1.807) is 0 Å². The number of nitrogen functional groups attached to an aromatic ring is 1. The minimum Gasteiger partial charge on any atom is -0.368 e. The van der Waals surface area contributed by atoms with Crippen LogP contribution in [-0.4, -0.2) is 36.1 Å². The van der Waals surface area contributed by atoms with E-state index in [-0.39, 0.29) is 0 Å². The first-order valence-electron chi connectivity index (χ1n) is 6.94. The molecule has 0 amide bonds. The predicted octanol–water partition coefficient (Wildman–Crippen LogP) is 1.06. The molecule has 0 aliphatic carbocycles. The van der Waals surface area contributed by atoms with E-state index in [1.165, 1.54) is 5.56 Å².